The van der Waals surface area contributed by atoms with Crippen LogP contribution >= 0.6 is 11.8 Å². The molecule has 0 bridgehead atoms. The maximum Gasteiger partial charge on any atom is 0.343 e. The van der Waals surface area contributed by atoms with E-state index in [1.54, 1.807) is 55.0 Å². The van der Waals surface area contributed by atoms with Crippen molar-refractivity contribution >= 4 is 28.6 Å². The predicted molar refractivity (Wildman–Crippen MR) is 107 cm³/mol. The van der Waals surface area contributed by atoms with Crippen molar-refractivity contribution in [2.45, 2.75) is 13.8 Å². The zero-order chi connectivity index (χ0) is 20.0. The van der Waals surface area contributed by atoms with Crippen molar-refractivity contribution in [3.05, 3.63) is 63.0 Å². The molecule has 8 heteroatoms. The number of furan rings is 1. The summed E-state index contributed by atoms with van der Waals surface area (Å²) in [5.41, 5.74) is 1.02. The van der Waals surface area contributed by atoms with Gasteiger partial charge in [0.15, 0.2) is 11.5 Å². The van der Waals surface area contributed by atoms with Crippen LogP contribution in [-0.4, -0.2) is 34.0 Å². The fourth-order valence-corrected chi connectivity index (χ4v) is 3.75. The molecule has 3 heterocycles. The van der Waals surface area contributed by atoms with Crippen molar-refractivity contribution in [1.82, 2.24) is 10.0 Å². The lowest BCUT2D eigenvalue weighted by Crippen LogP contribution is -2.38. The molecule has 4 rings (SSSR count). The number of amides is 1. The molecule has 0 aliphatic carbocycles. The SMILES string of the molecule is Cc1c(-c2cc3cc(C(=O)N(C)N4C=CSC4)ccc3o2)oc(=O)c(C)c1O. The summed E-state index contributed by atoms with van der Waals surface area (Å²) >= 11 is 1.61. The van der Waals surface area contributed by atoms with Crippen molar-refractivity contribution in [3.63, 3.8) is 0 Å². The van der Waals surface area contributed by atoms with Gasteiger partial charge in [0, 0.05) is 29.8 Å². The summed E-state index contributed by atoms with van der Waals surface area (Å²) < 4.78 is 11.1. The molecule has 28 heavy (non-hydrogen) atoms. The molecule has 1 N–H and O–H groups in total. The van der Waals surface area contributed by atoms with Crippen LogP contribution in [0, 0.1) is 13.8 Å². The van der Waals surface area contributed by atoms with Crippen LogP contribution in [0.1, 0.15) is 21.5 Å². The Morgan fingerprint density at radius 1 is 1.21 bits per heavy atom. The number of aromatic hydroxyl groups is 1. The summed E-state index contributed by atoms with van der Waals surface area (Å²) in [7, 11) is 1.72. The van der Waals surface area contributed by atoms with E-state index in [4.69, 9.17) is 8.83 Å². The molecular formula is C20H18N2O5S. The van der Waals surface area contributed by atoms with Gasteiger partial charge in [0.05, 0.1) is 11.4 Å². The average Bonchev–Trinajstić information content (AvgIpc) is 3.37. The van der Waals surface area contributed by atoms with Gasteiger partial charge >= 0.3 is 5.63 Å². The second-order valence-electron chi connectivity index (χ2n) is 6.53. The molecule has 0 radical (unpaired) electrons. The van der Waals surface area contributed by atoms with Gasteiger partial charge in [-0.05, 0) is 43.5 Å². The smallest absolute Gasteiger partial charge is 0.343 e. The standard InChI is InChI=1S/C20H18N2O5S/c1-11-17(23)12(2)20(25)27-18(11)16-9-14-8-13(4-5-15(14)26-16)19(24)21(3)22-6-7-28-10-22/h4-9,23H,10H2,1-3H3. The molecule has 0 saturated heterocycles. The fourth-order valence-electron chi connectivity index (χ4n) is 3.02. The van der Waals surface area contributed by atoms with Gasteiger partial charge < -0.3 is 13.9 Å². The number of rotatable bonds is 3. The number of nitrogens with zero attached hydrogens (tertiary/aromatic N) is 2. The zero-order valence-corrected chi connectivity index (χ0v) is 16.4. The first-order valence-electron chi connectivity index (χ1n) is 8.57. The van der Waals surface area contributed by atoms with Gasteiger partial charge in [-0.2, -0.15) is 0 Å². The van der Waals surface area contributed by atoms with E-state index in [-0.39, 0.29) is 23.0 Å². The second kappa shape index (κ2) is 6.79. The third-order valence-corrected chi connectivity index (χ3v) is 5.48. The van der Waals surface area contributed by atoms with Crippen molar-refractivity contribution in [2.75, 3.05) is 12.9 Å². The molecule has 1 amide bonds. The number of thioether (sulfide) groups is 1. The van der Waals surface area contributed by atoms with Crippen molar-refractivity contribution < 1.29 is 18.7 Å². The third kappa shape index (κ3) is 2.95. The molecule has 144 valence electrons. The van der Waals surface area contributed by atoms with E-state index in [1.165, 1.54) is 6.92 Å². The van der Waals surface area contributed by atoms with Gasteiger partial charge in [-0.1, -0.05) is 0 Å². The number of hydrogen-bond acceptors (Lipinski definition) is 7. The summed E-state index contributed by atoms with van der Waals surface area (Å²) in [4.78, 5) is 24.7. The predicted octanol–water partition coefficient (Wildman–Crippen LogP) is 3.84. The Balaban J connectivity index is 1.72. The Hall–Kier alpha value is -3.13. The van der Waals surface area contributed by atoms with E-state index in [0.717, 1.165) is 0 Å². The number of benzene rings is 1. The molecule has 0 atom stereocenters. The Bertz CT molecular complexity index is 1180. The first-order valence-corrected chi connectivity index (χ1v) is 9.62. The first-order chi connectivity index (χ1) is 13.4. The van der Waals surface area contributed by atoms with E-state index in [0.29, 0.717) is 33.7 Å². The second-order valence-corrected chi connectivity index (χ2v) is 7.39. The number of hydrazine groups is 1. The summed E-state index contributed by atoms with van der Waals surface area (Å²) in [6.07, 6.45) is 1.85. The highest BCUT2D eigenvalue weighted by Gasteiger charge is 2.21. The lowest BCUT2D eigenvalue weighted by molar-refractivity contribution is 0.0411. The summed E-state index contributed by atoms with van der Waals surface area (Å²) in [5, 5.41) is 16.1. The molecule has 1 aromatic carbocycles. The third-order valence-electron chi connectivity index (χ3n) is 4.75. The molecule has 1 aliphatic heterocycles. The number of carbonyl (C=O) groups is 1. The van der Waals surface area contributed by atoms with E-state index in [9.17, 15) is 14.7 Å². The summed E-state index contributed by atoms with van der Waals surface area (Å²) in [5.74, 6) is 0.925. The van der Waals surface area contributed by atoms with Crippen LogP contribution in [0.25, 0.3) is 22.5 Å². The minimum atomic E-state index is -0.618. The van der Waals surface area contributed by atoms with E-state index in [2.05, 4.69) is 0 Å². The molecule has 0 spiro atoms. The Labute approximate surface area is 164 Å². The molecule has 0 saturated carbocycles. The zero-order valence-electron chi connectivity index (χ0n) is 15.6. The van der Waals surface area contributed by atoms with Gasteiger partial charge in [-0.15, -0.1) is 11.8 Å². The Kier molecular flexibility index (Phi) is 4.43. The molecule has 0 unspecified atom stereocenters. The molecule has 1 aliphatic rings. The van der Waals surface area contributed by atoms with Crippen molar-refractivity contribution in [2.24, 2.45) is 0 Å². The van der Waals surface area contributed by atoms with Crippen LogP contribution in [0.3, 0.4) is 0 Å². The number of fused-ring (bicyclic) bond motifs is 1. The number of hydrogen-bond donors (Lipinski definition) is 1. The van der Waals surface area contributed by atoms with Gasteiger partial charge in [-0.3, -0.25) is 14.8 Å². The lowest BCUT2D eigenvalue weighted by atomic mass is 10.1. The van der Waals surface area contributed by atoms with Gasteiger partial charge in [0.2, 0.25) is 0 Å². The van der Waals surface area contributed by atoms with Gasteiger partial charge in [0.25, 0.3) is 5.91 Å². The monoisotopic (exact) mass is 398 g/mol. The van der Waals surface area contributed by atoms with Crippen LogP contribution in [0.5, 0.6) is 5.75 Å². The molecular weight excluding hydrogens is 380 g/mol. The minimum Gasteiger partial charge on any atom is -0.507 e. The quantitative estimate of drug-likeness (QED) is 0.717. The van der Waals surface area contributed by atoms with Gasteiger partial charge in [-0.25, -0.2) is 4.79 Å². The highest BCUT2D eigenvalue weighted by Crippen LogP contribution is 2.34. The van der Waals surface area contributed by atoms with E-state index in [1.807, 2.05) is 16.6 Å². The molecule has 2 aromatic heterocycles. The summed E-state index contributed by atoms with van der Waals surface area (Å²) in [6, 6.07) is 6.82. The minimum absolute atomic E-state index is 0.110. The van der Waals surface area contributed by atoms with Crippen molar-refractivity contribution in [1.29, 1.82) is 0 Å². The van der Waals surface area contributed by atoms with Crippen molar-refractivity contribution in [3.8, 4) is 17.3 Å². The fraction of sp³-hybridized carbons (Fsp3) is 0.200. The highest BCUT2D eigenvalue weighted by molar-refractivity contribution is 8.02. The normalized spacial score (nSPS) is 13.5. The molecule has 3 aromatic rings. The average molecular weight is 398 g/mol. The largest absolute Gasteiger partial charge is 0.507 e. The Morgan fingerprint density at radius 3 is 2.71 bits per heavy atom. The van der Waals surface area contributed by atoms with Crippen LogP contribution in [-0.2, 0) is 0 Å². The van der Waals surface area contributed by atoms with Gasteiger partial charge in [0.1, 0.15) is 11.3 Å². The van der Waals surface area contributed by atoms with Crippen LogP contribution in [0.4, 0.5) is 0 Å². The van der Waals surface area contributed by atoms with Crippen LogP contribution in [0.2, 0.25) is 0 Å². The maximum absolute atomic E-state index is 12.8. The summed E-state index contributed by atoms with van der Waals surface area (Å²) in [6.45, 7) is 3.15. The number of carbonyl (C=O) groups excluding carboxylic acids is 1. The van der Waals surface area contributed by atoms with Crippen LogP contribution < -0.4 is 5.63 Å². The topological polar surface area (TPSA) is 87.1 Å². The maximum atomic E-state index is 12.8. The first kappa shape index (κ1) is 18.2. The molecule has 7 nitrogen and oxygen atoms in total. The Morgan fingerprint density at radius 2 is 2.00 bits per heavy atom. The highest BCUT2D eigenvalue weighted by atomic mass is 32.2. The molecule has 0 fully saturated rings. The lowest BCUT2D eigenvalue weighted by Gasteiger charge is -2.27. The van der Waals surface area contributed by atoms with E-state index >= 15 is 0 Å². The van der Waals surface area contributed by atoms with E-state index < -0.39 is 5.63 Å². The van der Waals surface area contributed by atoms with Crippen LogP contribution in [0.15, 0.2) is 49.5 Å².